The quantitative estimate of drug-likeness (QED) is 0.677. The fraction of sp³-hybridized carbons (Fsp3) is 0.688. The number of rotatable bonds is 4. The van der Waals surface area contributed by atoms with Gasteiger partial charge in [-0.15, -0.1) is 0 Å². The van der Waals surface area contributed by atoms with Gasteiger partial charge in [0.15, 0.2) is 5.96 Å². The molecule has 0 amide bonds. The van der Waals surface area contributed by atoms with Gasteiger partial charge in [-0.3, -0.25) is 4.99 Å². The summed E-state index contributed by atoms with van der Waals surface area (Å²) < 4.78 is 2.15. The molecule has 0 aliphatic heterocycles. The molecule has 1 fully saturated rings. The zero-order chi connectivity index (χ0) is 14.6. The minimum Gasteiger partial charge on any atom is -0.356 e. The van der Waals surface area contributed by atoms with E-state index in [9.17, 15) is 0 Å². The van der Waals surface area contributed by atoms with E-state index in [1.54, 1.807) is 0 Å². The lowest BCUT2D eigenvalue weighted by Gasteiger charge is -2.28. The molecule has 0 unspecified atom stereocenters. The van der Waals surface area contributed by atoms with E-state index in [4.69, 9.17) is 0 Å². The van der Waals surface area contributed by atoms with E-state index in [0.717, 1.165) is 19.0 Å². The van der Waals surface area contributed by atoms with Gasteiger partial charge in [0.1, 0.15) is 0 Å². The topological polar surface area (TPSA) is 32.6 Å². The average molecular weight is 276 g/mol. The number of hydrogen-bond donors (Lipinski definition) is 1. The van der Waals surface area contributed by atoms with Gasteiger partial charge in [0.25, 0.3) is 0 Å². The second kappa shape index (κ2) is 6.33. The molecule has 4 heteroatoms. The van der Waals surface area contributed by atoms with Crippen LogP contribution in [0.1, 0.15) is 38.3 Å². The van der Waals surface area contributed by atoms with Gasteiger partial charge < -0.3 is 14.8 Å². The van der Waals surface area contributed by atoms with Crippen LogP contribution in [0.4, 0.5) is 0 Å². The summed E-state index contributed by atoms with van der Waals surface area (Å²) in [5.41, 5.74) is 1.74. The molecule has 0 radical (unpaired) electrons. The molecule has 0 saturated heterocycles. The monoisotopic (exact) mass is 276 g/mol. The molecule has 1 N–H and O–H groups in total. The Bertz CT molecular complexity index is 455. The van der Waals surface area contributed by atoms with Crippen molar-refractivity contribution in [2.24, 2.45) is 17.5 Å². The number of nitrogens with one attached hydrogen (secondary N) is 1. The summed E-state index contributed by atoms with van der Waals surface area (Å²) in [6.45, 7) is 4.29. The van der Waals surface area contributed by atoms with E-state index in [1.165, 1.54) is 31.4 Å². The van der Waals surface area contributed by atoms with Crippen LogP contribution in [0.2, 0.25) is 0 Å². The SMILES string of the molecule is CN=C(NCC1(C)CCCC1)N(C)Cc1cccn1C. The van der Waals surface area contributed by atoms with Gasteiger partial charge in [-0.2, -0.15) is 0 Å². The van der Waals surface area contributed by atoms with Crippen molar-refractivity contribution in [1.82, 2.24) is 14.8 Å². The van der Waals surface area contributed by atoms with E-state index in [0.29, 0.717) is 5.41 Å². The van der Waals surface area contributed by atoms with E-state index >= 15 is 0 Å². The smallest absolute Gasteiger partial charge is 0.193 e. The molecule has 112 valence electrons. The molecular weight excluding hydrogens is 248 g/mol. The lowest BCUT2D eigenvalue weighted by atomic mass is 9.89. The van der Waals surface area contributed by atoms with Crippen LogP contribution in [-0.4, -0.2) is 36.1 Å². The van der Waals surface area contributed by atoms with Crippen molar-refractivity contribution in [3.05, 3.63) is 24.0 Å². The van der Waals surface area contributed by atoms with Gasteiger partial charge in [0.05, 0.1) is 6.54 Å². The third-order valence-corrected chi connectivity index (χ3v) is 4.51. The maximum Gasteiger partial charge on any atom is 0.193 e. The summed E-state index contributed by atoms with van der Waals surface area (Å²) in [5, 5.41) is 3.55. The van der Waals surface area contributed by atoms with Gasteiger partial charge in [0.2, 0.25) is 0 Å². The van der Waals surface area contributed by atoms with E-state index < -0.39 is 0 Å². The molecule has 0 spiro atoms. The fourth-order valence-electron chi connectivity index (χ4n) is 3.06. The molecule has 1 aliphatic carbocycles. The van der Waals surface area contributed by atoms with Crippen LogP contribution in [-0.2, 0) is 13.6 Å². The Morgan fingerprint density at radius 1 is 1.45 bits per heavy atom. The third kappa shape index (κ3) is 3.56. The van der Waals surface area contributed by atoms with Gasteiger partial charge in [-0.05, 0) is 30.4 Å². The molecule has 1 saturated carbocycles. The maximum absolute atomic E-state index is 4.41. The van der Waals surface area contributed by atoms with Gasteiger partial charge in [0, 0.05) is 39.6 Å². The minimum absolute atomic E-state index is 0.446. The summed E-state index contributed by atoms with van der Waals surface area (Å²) >= 11 is 0. The highest BCUT2D eigenvalue weighted by molar-refractivity contribution is 5.79. The highest BCUT2D eigenvalue weighted by atomic mass is 15.3. The summed E-state index contributed by atoms with van der Waals surface area (Å²) in [5.74, 6) is 0.985. The largest absolute Gasteiger partial charge is 0.356 e. The number of aliphatic imine (C=N–C) groups is 1. The molecule has 2 rings (SSSR count). The van der Waals surface area contributed by atoms with Crippen LogP contribution in [0.3, 0.4) is 0 Å². The summed E-state index contributed by atoms with van der Waals surface area (Å²) in [7, 11) is 6.04. The van der Waals surface area contributed by atoms with E-state index in [1.807, 2.05) is 7.05 Å². The van der Waals surface area contributed by atoms with Crippen molar-refractivity contribution in [2.45, 2.75) is 39.2 Å². The van der Waals surface area contributed by atoms with Crippen LogP contribution in [0.5, 0.6) is 0 Å². The minimum atomic E-state index is 0.446. The lowest BCUT2D eigenvalue weighted by molar-refractivity contribution is 0.326. The number of hydrogen-bond acceptors (Lipinski definition) is 1. The Morgan fingerprint density at radius 2 is 2.15 bits per heavy atom. The number of nitrogens with zero attached hydrogens (tertiary/aromatic N) is 3. The molecule has 1 heterocycles. The van der Waals surface area contributed by atoms with E-state index in [-0.39, 0.29) is 0 Å². The van der Waals surface area contributed by atoms with Crippen LogP contribution in [0, 0.1) is 5.41 Å². The first kappa shape index (κ1) is 14.9. The van der Waals surface area contributed by atoms with Crippen LogP contribution < -0.4 is 5.32 Å². The average Bonchev–Trinajstić information content (AvgIpc) is 3.01. The van der Waals surface area contributed by atoms with Crippen molar-refractivity contribution in [2.75, 3.05) is 20.6 Å². The van der Waals surface area contributed by atoms with Crippen molar-refractivity contribution in [1.29, 1.82) is 0 Å². The van der Waals surface area contributed by atoms with Gasteiger partial charge in [-0.25, -0.2) is 0 Å². The Hall–Kier alpha value is -1.45. The predicted molar refractivity (Wildman–Crippen MR) is 84.8 cm³/mol. The molecule has 1 aromatic rings. The highest BCUT2D eigenvalue weighted by Crippen LogP contribution is 2.36. The number of guanidine groups is 1. The molecule has 1 aliphatic rings. The van der Waals surface area contributed by atoms with Crippen LogP contribution in [0.25, 0.3) is 0 Å². The van der Waals surface area contributed by atoms with Gasteiger partial charge in [-0.1, -0.05) is 19.8 Å². The Morgan fingerprint density at radius 3 is 2.70 bits per heavy atom. The molecule has 4 nitrogen and oxygen atoms in total. The zero-order valence-corrected chi connectivity index (χ0v) is 13.3. The van der Waals surface area contributed by atoms with Crippen molar-refractivity contribution >= 4 is 5.96 Å². The summed E-state index contributed by atoms with van der Waals surface area (Å²) in [4.78, 5) is 6.60. The summed E-state index contributed by atoms with van der Waals surface area (Å²) in [6, 6.07) is 4.24. The summed E-state index contributed by atoms with van der Waals surface area (Å²) in [6.07, 6.45) is 7.49. The maximum atomic E-state index is 4.41. The predicted octanol–water partition coefficient (Wildman–Crippen LogP) is 2.61. The fourth-order valence-corrected chi connectivity index (χ4v) is 3.06. The normalized spacial score (nSPS) is 18.3. The Balaban J connectivity index is 1.89. The standard InChI is InChI=1S/C16H28N4/c1-16(9-5-6-10-16)13-18-15(17-2)20(4)12-14-8-7-11-19(14)3/h7-8,11H,5-6,9-10,12-13H2,1-4H3,(H,17,18). The third-order valence-electron chi connectivity index (χ3n) is 4.51. The van der Waals surface area contributed by atoms with Crippen molar-refractivity contribution in [3.63, 3.8) is 0 Å². The van der Waals surface area contributed by atoms with Crippen LogP contribution in [0.15, 0.2) is 23.3 Å². The number of aryl methyl sites for hydroxylation is 1. The van der Waals surface area contributed by atoms with E-state index in [2.05, 4.69) is 59.1 Å². The second-order valence-electron chi connectivity index (χ2n) is 6.39. The van der Waals surface area contributed by atoms with Gasteiger partial charge >= 0.3 is 0 Å². The first-order chi connectivity index (χ1) is 9.54. The molecule has 0 bridgehead atoms. The zero-order valence-electron chi connectivity index (χ0n) is 13.3. The van der Waals surface area contributed by atoms with Crippen molar-refractivity contribution < 1.29 is 0 Å². The second-order valence-corrected chi connectivity index (χ2v) is 6.39. The lowest BCUT2D eigenvalue weighted by Crippen LogP contribution is -2.43. The highest BCUT2D eigenvalue weighted by Gasteiger charge is 2.28. The first-order valence-electron chi connectivity index (χ1n) is 7.56. The molecule has 0 aromatic carbocycles. The molecule has 20 heavy (non-hydrogen) atoms. The first-order valence-corrected chi connectivity index (χ1v) is 7.56. The van der Waals surface area contributed by atoms with Crippen LogP contribution >= 0.6 is 0 Å². The Kier molecular flexibility index (Phi) is 4.73. The Labute approximate surface area is 122 Å². The molecule has 0 atom stereocenters. The number of aromatic nitrogens is 1. The molecular formula is C16H28N4. The molecule has 1 aromatic heterocycles. The van der Waals surface area contributed by atoms with Crippen molar-refractivity contribution in [3.8, 4) is 0 Å².